The van der Waals surface area contributed by atoms with E-state index in [1.54, 1.807) is 25.6 Å². The van der Waals surface area contributed by atoms with Crippen LogP contribution in [0.3, 0.4) is 0 Å². The molecule has 3 rings (SSSR count). The van der Waals surface area contributed by atoms with Crippen molar-refractivity contribution in [3.8, 4) is 0 Å². The Kier molecular flexibility index (Phi) is 3.29. The molecule has 104 valence electrons. The molecular formula is C15H11F3S2. The van der Waals surface area contributed by atoms with Crippen molar-refractivity contribution < 1.29 is 13.2 Å². The van der Waals surface area contributed by atoms with Gasteiger partial charge in [0.05, 0.1) is 5.56 Å². The Labute approximate surface area is 123 Å². The lowest BCUT2D eigenvalue weighted by molar-refractivity contribution is -0.138. The molecular weight excluding hydrogens is 301 g/mol. The lowest BCUT2D eigenvalue weighted by Crippen LogP contribution is -2.10. The molecule has 1 aliphatic rings. The largest absolute Gasteiger partial charge is 0.416 e. The van der Waals surface area contributed by atoms with Gasteiger partial charge in [-0.3, -0.25) is 0 Å². The molecule has 0 atom stereocenters. The summed E-state index contributed by atoms with van der Waals surface area (Å²) in [6.45, 7) is 3.31. The Bertz CT molecular complexity index is 690. The van der Waals surface area contributed by atoms with Crippen molar-refractivity contribution in [3.05, 3.63) is 47.0 Å². The van der Waals surface area contributed by atoms with E-state index in [1.807, 2.05) is 24.3 Å². The maximum Gasteiger partial charge on any atom is 0.416 e. The van der Waals surface area contributed by atoms with Crippen LogP contribution in [-0.2, 0) is 6.18 Å². The number of fused-ring (bicyclic) bond motifs is 2. The zero-order valence-electron chi connectivity index (χ0n) is 10.8. The van der Waals surface area contributed by atoms with Crippen molar-refractivity contribution in [2.24, 2.45) is 0 Å². The van der Waals surface area contributed by atoms with Gasteiger partial charge in [-0.25, -0.2) is 0 Å². The van der Waals surface area contributed by atoms with Gasteiger partial charge in [0.1, 0.15) is 0 Å². The molecule has 1 heterocycles. The molecule has 0 aromatic heterocycles. The number of rotatable bonds is 0. The van der Waals surface area contributed by atoms with Crippen LogP contribution >= 0.6 is 23.5 Å². The topological polar surface area (TPSA) is 0 Å². The Morgan fingerprint density at radius 1 is 0.850 bits per heavy atom. The fraction of sp³-hybridized carbons (Fsp3) is 0.200. The minimum atomic E-state index is -4.30. The van der Waals surface area contributed by atoms with Crippen molar-refractivity contribution in [2.75, 3.05) is 0 Å². The molecule has 0 saturated heterocycles. The third-order valence-corrected chi connectivity index (χ3v) is 6.08. The first-order valence-electron chi connectivity index (χ1n) is 6.04. The molecule has 0 fully saturated rings. The second-order valence-electron chi connectivity index (χ2n) is 4.65. The highest BCUT2D eigenvalue weighted by Gasteiger charge is 2.35. The van der Waals surface area contributed by atoms with Gasteiger partial charge in [0.15, 0.2) is 0 Å². The molecule has 5 heteroatoms. The van der Waals surface area contributed by atoms with Crippen LogP contribution in [0.2, 0.25) is 0 Å². The molecule has 1 aliphatic heterocycles. The van der Waals surface area contributed by atoms with E-state index < -0.39 is 11.7 Å². The molecule has 20 heavy (non-hydrogen) atoms. The zero-order valence-corrected chi connectivity index (χ0v) is 12.5. The third-order valence-electron chi connectivity index (χ3n) is 3.39. The fourth-order valence-corrected chi connectivity index (χ4v) is 4.68. The molecule has 0 bridgehead atoms. The summed E-state index contributed by atoms with van der Waals surface area (Å²) in [6.07, 6.45) is -4.30. The summed E-state index contributed by atoms with van der Waals surface area (Å²) in [5.74, 6) is 0. The summed E-state index contributed by atoms with van der Waals surface area (Å²) in [5.41, 5.74) is 0.520. The highest BCUT2D eigenvalue weighted by molar-refractivity contribution is 8.05. The second kappa shape index (κ2) is 4.74. The summed E-state index contributed by atoms with van der Waals surface area (Å²) in [7, 11) is 0. The van der Waals surface area contributed by atoms with Crippen molar-refractivity contribution in [1.82, 2.24) is 0 Å². The summed E-state index contributed by atoms with van der Waals surface area (Å²) in [5, 5.41) is 0. The van der Waals surface area contributed by atoms with Crippen LogP contribution < -0.4 is 0 Å². The van der Waals surface area contributed by atoms with E-state index in [1.165, 1.54) is 17.8 Å². The van der Waals surface area contributed by atoms with Crippen molar-refractivity contribution in [2.45, 2.75) is 39.6 Å². The number of alkyl halides is 3. The second-order valence-corrected chi connectivity index (χ2v) is 6.79. The lowest BCUT2D eigenvalue weighted by atomic mass is 10.0. The Morgan fingerprint density at radius 3 is 2.05 bits per heavy atom. The maximum atomic E-state index is 13.1. The Morgan fingerprint density at radius 2 is 1.45 bits per heavy atom. The van der Waals surface area contributed by atoms with Gasteiger partial charge in [-0.1, -0.05) is 35.7 Å². The number of hydrogen-bond donors (Lipinski definition) is 0. The van der Waals surface area contributed by atoms with E-state index in [-0.39, 0.29) is 0 Å². The summed E-state index contributed by atoms with van der Waals surface area (Å²) in [4.78, 5) is 3.76. The van der Waals surface area contributed by atoms with E-state index in [0.717, 1.165) is 20.2 Å². The molecule has 0 unspecified atom stereocenters. The molecule has 0 nitrogen and oxygen atoms in total. The first-order valence-corrected chi connectivity index (χ1v) is 7.67. The maximum absolute atomic E-state index is 13.1. The van der Waals surface area contributed by atoms with Crippen LogP contribution in [0.4, 0.5) is 13.2 Å². The van der Waals surface area contributed by atoms with Gasteiger partial charge in [-0.15, -0.1) is 0 Å². The predicted molar refractivity (Wildman–Crippen MR) is 75.6 cm³/mol. The molecule has 0 radical (unpaired) electrons. The van der Waals surface area contributed by atoms with E-state index >= 15 is 0 Å². The standard InChI is InChI=1S/C15H11F3S2/c1-8-9(2)14-13(7-10(8)15(16,17)18)19-11-5-3-4-6-12(11)20-14/h3-7H,1-2H3. The van der Waals surface area contributed by atoms with Gasteiger partial charge in [0, 0.05) is 19.6 Å². The molecule has 0 amide bonds. The van der Waals surface area contributed by atoms with E-state index in [4.69, 9.17) is 0 Å². The highest BCUT2D eigenvalue weighted by Crippen LogP contribution is 2.51. The SMILES string of the molecule is Cc1c(C(F)(F)F)cc2c(c1C)Sc1ccccc1S2. The molecule has 0 saturated carbocycles. The van der Waals surface area contributed by atoms with Crippen molar-refractivity contribution in [3.63, 3.8) is 0 Å². The minimum absolute atomic E-state index is 0.323. The van der Waals surface area contributed by atoms with Gasteiger partial charge >= 0.3 is 6.18 Å². The van der Waals surface area contributed by atoms with E-state index in [9.17, 15) is 13.2 Å². The van der Waals surface area contributed by atoms with E-state index in [0.29, 0.717) is 10.5 Å². The normalized spacial score (nSPS) is 13.8. The van der Waals surface area contributed by atoms with Gasteiger partial charge in [0.2, 0.25) is 0 Å². The van der Waals surface area contributed by atoms with Gasteiger partial charge in [-0.2, -0.15) is 13.2 Å². The summed E-state index contributed by atoms with van der Waals surface area (Å²) in [6, 6.07) is 9.08. The zero-order chi connectivity index (χ0) is 14.5. The highest BCUT2D eigenvalue weighted by atomic mass is 32.2. The van der Waals surface area contributed by atoms with Crippen LogP contribution in [0.15, 0.2) is 49.9 Å². The molecule has 2 aromatic rings. The van der Waals surface area contributed by atoms with Crippen molar-refractivity contribution in [1.29, 1.82) is 0 Å². The van der Waals surface area contributed by atoms with Crippen molar-refractivity contribution >= 4 is 23.5 Å². The van der Waals surface area contributed by atoms with Gasteiger partial charge in [-0.05, 0) is 43.2 Å². The quantitative estimate of drug-likeness (QED) is 0.504. The van der Waals surface area contributed by atoms with Crippen LogP contribution in [0.5, 0.6) is 0 Å². The van der Waals surface area contributed by atoms with Crippen LogP contribution in [-0.4, -0.2) is 0 Å². The summed E-state index contributed by atoms with van der Waals surface area (Å²) < 4.78 is 39.2. The number of benzene rings is 2. The third kappa shape index (κ3) is 2.23. The predicted octanol–water partition coefficient (Wildman–Crippen LogP) is 5.94. The molecule has 0 aliphatic carbocycles. The lowest BCUT2D eigenvalue weighted by Gasteiger charge is -2.23. The monoisotopic (exact) mass is 312 g/mol. The number of hydrogen-bond acceptors (Lipinski definition) is 2. The first kappa shape index (κ1) is 13.9. The van der Waals surface area contributed by atoms with Crippen LogP contribution in [0.1, 0.15) is 16.7 Å². The average Bonchev–Trinajstić information content (AvgIpc) is 2.40. The average molecular weight is 312 g/mol. The first-order chi connectivity index (χ1) is 9.38. The fourth-order valence-electron chi connectivity index (χ4n) is 2.21. The van der Waals surface area contributed by atoms with Crippen LogP contribution in [0.25, 0.3) is 0 Å². The smallest absolute Gasteiger partial charge is 0.166 e. The molecule has 0 spiro atoms. The van der Waals surface area contributed by atoms with Crippen LogP contribution in [0, 0.1) is 13.8 Å². The summed E-state index contributed by atoms with van der Waals surface area (Å²) >= 11 is 2.97. The Hall–Kier alpha value is -1.07. The van der Waals surface area contributed by atoms with Gasteiger partial charge in [0.25, 0.3) is 0 Å². The molecule has 0 N–H and O–H groups in total. The molecule has 2 aromatic carbocycles. The minimum Gasteiger partial charge on any atom is -0.166 e. The Balaban J connectivity index is 2.18. The number of halogens is 3. The van der Waals surface area contributed by atoms with Gasteiger partial charge < -0.3 is 0 Å². The van der Waals surface area contributed by atoms with E-state index in [2.05, 4.69) is 0 Å².